The van der Waals surface area contributed by atoms with Gasteiger partial charge in [-0.15, -0.1) is 0 Å². The summed E-state index contributed by atoms with van der Waals surface area (Å²) in [6, 6.07) is 4.78. The Morgan fingerprint density at radius 3 is 2.78 bits per heavy atom. The molecule has 0 aromatic heterocycles. The standard InChI is InChI=1S/C20H29NO2/c1-5-14-9-17-15(10-20(14)23-4)6-7-21-12-16(8-13(2)3)19(22)11-18(17)21/h9-10,13,16,18H,5-8,11-12H2,1-4H3/t16-,18-/m1/s1. The Balaban J connectivity index is 1.89. The lowest BCUT2D eigenvalue weighted by molar-refractivity contribution is -0.129. The zero-order valence-electron chi connectivity index (χ0n) is 14.9. The maximum absolute atomic E-state index is 12.6. The van der Waals surface area contributed by atoms with Gasteiger partial charge in [-0.05, 0) is 47.9 Å². The number of Topliss-reactive ketones (excluding diaryl/α,β-unsaturated/α-hetero) is 1. The van der Waals surface area contributed by atoms with Gasteiger partial charge in [-0.1, -0.05) is 26.8 Å². The van der Waals surface area contributed by atoms with Crippen molar-refractivity contribution in [2.75, 3.05) is 20.2 Å². The Hall–Kier alpha value is -1.35. The number of carbonyl (C=O) groups is 1. The zero-order chi connectivity index (χ0) is 16.6. The number of ketones is 1. The van der Waals surface area contributed by atoms with E-state index in [0.29, 0.717) is 18.1 Å². The highest BCUT2D eigenvalue weighted by molar-refractivity contribution is 5.83. The van der Waals surface area contributed by atoms with Crippen molar-refractivity contribution in [1.29, 1.82) is 0 Å². The summed E-state index contributed by atoms with van der Waals surface area (Å²) in [5, 5.41) is 0. The summed E-state index contributed by atoms with van der Waals surface area (Å²) in [5.41, 5.74) is 3.99. The van der Waals surface area contributed by atoms with Crippen molar-refractivity contribution >= 4 is 5.78 Å². The molecule has 1 fully saturated rings. The van der Waals surface area contributed by atoms with E-state index in [1.165, 1.54) is 16.7 Å². The molecular weight excluding hydrogens is 286 g/mol. The number of hydrogen-bond donors (Lipinski definition) is 0. The predicted molar refractivity (Wildman–Crippen MR) is 93.0 cm³/mol. The number of fused-ring (bicyclic) bond motifs is 3. The second kappa shape index (κ2) is 6.64. The van der Waals surface area contributed by atoms with Crippen LogP contribution < -0.4 is 4.74 Å². The van der Waals surface area contributed by atoms with Gasteiger partial charge in [0.25, 0.3) is 0 Å². The SMILES string of the molecule is CCc1cc2c(cc1OC)CCN1C[C@@H](CC(C)C)C(=O)C[C@H]21. The molecule has 0 aliphatic carbocycles. The van der Waals surface area contributed by atoms with Gasteiger partial charge in [0.2, 0.25) is 0 Å². The van der Waals surface area contributed by atoms with Crippen molar-refractivity contribution in [3.8, 4) is 5.75 Å². The van der Waals surface area contributed by atoms with Crippen molar-refractivity contribution in [2.24, 2.45) is 11.8 Å². The van der Waals surface area contributed by atoms with Gasteiger partial charge < -0.3 is 4.74 Å². The summed E-state index contributed by atoms with van der Waals surface area (Å²) in [7, 11) is 1.75. The minimum absolute atomic E-state index is 0.233. The molecular formula is C20H29NO2. The quantitative estimate of drug-likeness (QED) is 0.846. The molecule has 3 nitrogen and oxygen atoms in total. The van der Waals surface area contributed by atoms with Crippen LogP contribution in [-0.4, -0.2) is 30.9 Å². The number of piperidine rings is 1. The number of hydrogen-bond acceptors (Lipinski definition) is 3. The molecule has 23 heavy (non-hydrogen) atoms. The number of aryl methyl sites for hydroxylation is 1. The number of benzene rings is 1. The first kappa shape index (κ1) is 16.5. The summed E-state index contributed by atoms with van der Waals surface area (Å²) in [6.07, 6.45) is 3.74. The van der Waals surface area contributed by atoms with Crippen LogP contribution in [0.5, 0.6) is 5.75 Å². The summed E-state index contributed by atoms with van der Waals surface area (Å²) in [6.45, 7) is 8.59. The van der Waals surface area contributed by atoms with Crippen molar-refractivity contribution in [3.05, 3.63) is 28.8 Å². The van der Waals surface area contributed by atoms with E-state index in [0.717, 1.165) is 38.1 Å². The summed E-state index contributed by atoms with van der Waals surface area (Å²) in [4.78, 5) is 15.2. The van der Waals surface area contributed by atoms with E-state index in [9.17, 15) is 4.79 Å². The molecule has 0 amide bonds. The van der Waals surface area contributed by atoms with E-state index < -0.39 is 0 Å². The number of methoxy groups -OCH3 is 1. The molecule has 2 atom stereocenters. The van der Waals surface area contributed by atoms with Crippen molar-refractivity contribution in [3.63, 3.8) is 0 Å². The minimum Gasteiger partial charge on any atom is -0.496 e. The molecule has 3 heteroatoms. The van der Waals surface area contributed by atoms with Crippen LogP contribution in [0.25, 0.3) is 0 Å². The highest BCUT2D eigenvalue weighted by Crippen LogP contribution is 2.40. The third-order valence-corrected chi connectivity index (χ3v) is 5.45. The molecule has 2 aliphatic heterocycles. The van der Waals surface area contributed by atoms with Gasteiger partial charge in [-0.3, -0.25) is 9.69 Å². The molecule has 0 radical (unpaired) electrons. The van der Waals surface area contributed by atoms with Gasteiger partial charge >= 0.3 is 0 Å². The largest absolute Gasteiger partial charge is 0.496 e. The normalized spacial score (nSPS) is 24.5. The Morgan fingerprint density at radius 2 is 2.13 bits per heavy atom. The van der Waals surface area contributed by atoms with Crippen molar-refractivity contribution < 1.29 is 9.53 Å². The van der Waals surface area contributed by atoms with E-state index in [1.54, 1.807) is 7.11 Å². The van der Waals surface area contributed by atoms with Crippen molar-refractivity contribution in [1.82, 2.24) is 4.90 Å². The van der Waals surface area contributed by atoms with Gasteiger partial charge in [0.05, 0.1) is 7.11 Å². The first-order valence-electron chi connectivity index (χ1n) is 8.99. The van der Waals surface area contributed by atoms with E-state index in [4.69, 9.17) is 4.74 Å². The lowest BCUT2D eigenvalue weighted by Gasteiger charge is -2.43. The lowest BCUT2D eigenvalue weighted by atomic mass is 9.79. The molecule has 1 aromatic carbocycles. The third kappa shape index (κ3) is 3.16. The van der Waals surface area contributed by atoms with E-state index >= 15 is 0 Å². The third-order valence-electron chi connectivity index (χ3n) is 5.45. The van der Waals surface area contributed by atoms with Crippen molar-refractivity contribution in [2.45, 2.75) is 52.5 Å². The van der Waals surface area contributed by atoms with Crippen LogP contribution in [0.3, 0.4) is 0 Å². The van der Waals surface area contributed by atoms with E-state index in [1.807, 2.05) is 0 Å². The molecule has 1 aromatic rings. The first-order chi connectivity index (χ1) is 11.0. The fourth-order valence-corrected chi connectivity index (χ4v) is 4.27. The zero-order valence-corrected chi connectivity index (χ0v) is 14.9. The van der Waals surface area contributed by atoms with Gasteiger partial charge in [0, 0.05) is 31.5 Å². The molecule has 126 valence electrons. The molecule has 2 heterocycles. The van der Waals surface area contributed by atoms with Crippen LogP contribution in [0.1, 0.15) is 56.3 Å². The van der Waals surface area contributed by atoms with Gasteiger partial charge in [-0.2, -0.15) is 0 Å². The average molecular weight is 315 g/mol. The number of nitrogens with zero attached hydrogens (tertiary/aromatic N) is 1. The molecule has 0 N–H and O–H groups in total. The van der Waals surface area contributed by atoms with Crippen LogP contribution in [0, 0.1) is 11.8 Å². The molecule has 1 saturated heterocycles. The van der Waals surface area contributed by atoms with Crippen LogP contribution in [-0.2, 0) is 17.6 Å². The highest BCUT2D eigenvalue weighted by Gasteiger charge is 2.38. The molecule has 2 aliphatic rings. The first-order valence-corrected chi connectivity index (χ1v) is 8.99. The Bertz CT molecular complexity index is 594. The smallest absolute Gasteiger partial charge is 0.139 e. The fourth-order valence-electron chi connectivity index (χ4n) is 4.27. The van der Waals surface area contributed by atoms with E-state index in [2.05, 4.69) is 37.8 Å². The molecule has 0 saturated carbocycles. The second-order valence-electron chi connectivity index (χ2n) is 7.47. The Morgan fingerprint density at radius 1 is 1.35 bits per heavy atom. The van der Waals surface area contributed by atoms with Crippen LogP contribution in [0.2, 0.25) is 0 Å². The molecule has 0 unspecified atom stereocenters. The van der Waals surface area contributed by atoms with Gasteiger partial charge in [0.1, 0.15) is 11.5 Å². The predicted octanol–water partition coefficient (Wildman–Crippen LogP) is 3.79. The van der Waals surface area contributed by atoms with Gasteiger partial charge in [0.15, 0.2) is 0 Å². The maximum atomic E-state index is 12.6. The summed E-state index contributed by atoms with van der Waals surface area (Å²) < 4.78 is 5.54. The van der Waals surface area contributed by atoms with Crippen LogP contribution in [0.15, 0.2) is 12.1 Å². The highest BCUT2D eigenvalue weighted by atomic mass is 16.5. The second-order valence-corrected chi connectivity index (χ2v) is 7.47. The van der Waals surface area contributed by atoms with Crippen LogP contribution in [0.4, 0.5) is 0 Å². The Kier molecular flexibility index (Phi) is 4.77. The monoisotopic (exact) mass is 315 g/mol. The summed E-state index contributed by atoms with van der Waals surface area (Å²) in [5.74, 6) is 2.28. The molecule has 0 spiro atoms. The Labute approximate surface area is 140 Å². The molecule has 0 bridgehead atoms. The number of ether oxygens (including phenoxy) is 1. The summed E-state index contributed by atoms with van der Waals surface area (Å²) >= 11 is 0. The van der Waals surface area contributed by atoms with E-state index in [-0.39, 0.29) is 12.0 Å². The fraction of sp³-hybridized carbons (Fsp3) is 0.650. The maximum Gasteiger partial charge on any atom is 0.139 e. The number of carbonyl (C=O) groups excluding carboxylic acids is 1. The lowest BCUT2D eigenvalue weighted by Crippen LogP contribution is -2.46. The van der Waals surface area contributed by atoms with Crippen LogP contribution >= 0.6 is 0 Å². The number of rotatable bonds is 4. The van der Waals surface area contributed by atoms with Gasteiger partial charge in [-0.25, -0.2) is 0 Å². The minimum atomic E-state index is 0.233. The molecule has 3 rings (SSSR count). The average Bonchev–Trinajstić information content (AvgIpc) is 2.53. The topological polar surface area (TPSA) is 29.5 Å².